The summed E-state index contributed by atoms with van der Waals surface area (Å²) in [5.74, 6) is 0.262. The van der Waals surface area contributed by atoms with Crippen molar-refractivity contribution in [3.05, 3.63) is 59.7 Å². The molecule has 0 aliphatic carbocycles. The first-order valence-corrected chi connectivity index (χ1v) is 10.0. The van der Waals surface area contributed by atoms with Crippen molar-refractivity contribution in [3.63, 3.8) is 0 Å². The number of amides is 3. The molecule has 0 saturated heterocycles. The highest BCUT2D eigenvalue weighted by Gasteiger charge is 2.35. The number of likely N-dealkylation sites (N-methyl/N-ethyl adjacent to an activating group) is 1. The Bertz CT molecular complexity index is 984. The Labute approximate surface area is 185 Å². The van der Waals surface area contributed by atoms with E-state index in [1.165, 1.54) is 6.26 Å². The topological polar surface area (TPSA) is 122 Å². The van der Waals surface area contributed by atoms with Gasteiger partial charge in [0, 0.05) is 17.9 Å². The van der Waals surface area contributed by atoms with Crippen LogP contribution in [-0.2, 0) is 14.3 Å². The zero-order valence-electron chi connectivity index (χ0n) is 18.1. The van der Waals surface area contributed by atoms with Gasteiger partial charge < -0.3 is 29.8 Å². The molecule has 32 heavy (non-hydrogen) atoms. The third-order valence-electron chi connectivity index (χ3n) is 4.69. The maximum Gasteiger partial charge on any atom is 0.338 e. The summed E-state index contributed by atoms with van der Waals surface area (Å²) in [6.45, 7) is 2.04. The van der Waals surface area contributed by atoms with Crippen molar-refractivity contribution in [2.75, 3.05) is 39.2 Å². The first kappa shape index (κ1) is 22.9. The second-order valence-electron chi connectivity index (χ2n) is 7.11. The molecular weight excluding hydrogens is 416 g/mol. The third-order valence-corrected chi connectivity index (χ3v) is 4.69. The smallest absolute Gasteiger partial charge is 0.338 e. The summed E-state index contributed by atoms with van der Waals surface area (Å²) in [4.78, 5) is 39.1. The van der Waals surface area contributed by atoms with E-state index in [0.29, 0.717) is 22.9 Å². The van der Waals surface area contributed by atoms with E-state index < -0.39 is 18.0 Å². The lowest BCUT2D eigenvalue weighted by molar-refractivity contribution is -0.139. The van der Waals surface area contributed by atoms with Crippen LogP contribution in [0.1, 0.15) is 18.7 Å². The second kappa shape index (κ2) is 10.5. The zero-order chi connectivity index (χ0) is 23.1. The standard InChI is InChI=1S/C22H26N4O6/c1-4-31-21(28)19-16(24-22(29)25-20(19)17-6-5-11-32-17)12-26(2)13-18(27)23-14-7-9-15(30-3)10-8-14/h5-11,20H,4,12-13H2,1-3H3,(H,23,27)(H2,24,25,29). The number of carbonyl (C=O) groups excluding carboxylic acids is 3. The molecule has 0 fully saturated rings. The number of nitrogens with one attached hydrogen (secondary N) is 3. The fraction of sp³-hybridized carbons (Fsp3) is 0.318. The number of nitrogens with zero attached hydrogens (tertiary/aromatic N) is 1. The van der Waals surface area contributed by atoms with Gasteiger partial charge >= 0.3 is 12.0 Å². The Morgan fingerprint density at radius 1 is 1.22 bits per heavy atom. The first-order chi connectivity index (χ1) is 15.4. The number of hydrogen-bond donors (Lipinski definition) is 3. The van der Waals surface area contributed by atoms with Crippen molar-refractivity contribution in [1.82, 2.24) is 15.5 Å². The van der Waals surface area contributed by atoms with Crippen molar-refractivity contribution in [2.24, 2.45) is 0 Å². The molecule has 2 aromatic rings. The molecule has 1 aromatic carbocycles. The Hall–Kier alpha value is -3.79. The molecule has 170 valence electrons. The monoisotopic (exact) mass is 442 g/mol. The minimum absolute atomic E-state index is 0.0281. The molecule has 0 spiro atoms. The molecule has 1 aliphatic rings. The summed E-state index contributed by atoms with van der Waals surface area (Å²) in [5, 5.41) is 8.14. The highest BCUT2D eigenvalue weighted by Crippen LogP contribution is 2.28. The number of benzene rings is 1. The number of methoxy groups -OCH3 is 1. The fourth-order valence-corrected chi connectivity index (χ4v) is 3.31. The summed E-state index contributed by atoms with van der Waals surface area (Å²) in [6, 6.07) is 9.02. The van der Waals surface area contributed by atoms with Crippen molar-refractivity contribution in [1.29, 1.82) is 0 Å². The molecule has 3 amide bonds. The van der Waals surface area contributed by atoms with Crippen molar-refractivity contribution < 1.29 is 28.3 Å². The minimum atomic E-state index is -0.797. The summed E-state index contributed by atoms with van der Waals surface area (Å²) in [6.07, 6.45) is 1.46. The normalized spacial score (nSPS) is 15.8. The van der Waals surface area contributed by atoms with Crippen LogP contribution in [0, 0.1) is 0 Å². The number of hydrogen-bond acceptors (Lipinski definition) is 7. The van der Waals surface area contributed by atoms with E-state index in [4.69, 9.17) is 13.9 Å². The largest absolute Gasteiger partial charge is 0.497 e. The average Bonchev–Trinajstić information content (AvgIpc) is 3.28. The van der Waals surface area contributed by atoms with Gasteiger partial charge in [0.05, 0.1) is 32.1 Å². The molecule has 1 aliphatic heterocycles. The molecule has 1 aromatic heterocycles. The lowest BCUT2D eigenvalue weighted by Gasteiger charge is -2.29. The van der Waals surface area contributed by atoms with Gasteiger partial charge in [0.1, 0.15) is 17.6 Å². The molecule has 10 heteroatoms. The van der Waals surface area contributed by atoms with Crippen LogP contribution in [0.15, 0.2) is 58.3 Å². The Morgan fingerprint density at radius 3 is 2.59 bits per heavy atom. The van der Waals surface area contributed by atoms with Crippen LogP contribution in [0.25, 0.3) is 0 Å². The Balaban J connectivity index is 1.74. The van der Waals surface area contributed by atoms with Crippen molar-refractivity contribution >= 4 is 23.6 Å². The first-order valence-electron chi connectivity index (χ1n) is 10.0. The number of carbonyl (C=O) groups is 3. The molecule has 1 unspecified atom stereocenters. The van der Waals surface area contributed by atoms with Crippen LogP contribution >= 0.6 is 0 Å². The van der Waals surface area contributed by atoms with E-state index in [-0.39, 0.29) is 31.2 Å². The molecule has 3 N–H and O–H groups in total. The van der Waals surface area contributed by atoms with Gasteiger partial charge in [0.15, 0.2) is 0 Å². The maximum absolute atomic E-state index is 12.7. The van der Waals surface area contributed by atoms with Gasteiger partial charge in [-0.15, -0.1) is 0 Å². The van der Waals surface area contributed by atoms with E-state index in [1.54, 1.807) is 62.4 Å². The molecule has 3 rings (SSSR count). The third kappa shape index (κ3) is 5.67. The maximum atomic E-state index is 12.7. The summed E-state index contributed by atoms with van der Waals surface area (Å²) in [7, 11) is 3.28. The van der Waals surface area contributed by atoms with Crippen LogP contribution in [0.2, 0.25) is 0 Å². The Morgan fingerprint density at radius 2 is 1.97 bits per heavy atom. The number of urea groups is 1. The quantitative estimate of drug-likeness (QED) is 0.508. The van der Waals surface area contributed by atoms with Crippen LogP contribution in [0.5, 0.6) is 5.75 Å². The number of esters is 1. The van der Waals surface area contributed by atoms with Gasteiger partial charge in [0.25, 0.3) is 0 Å². The van der Waals surface area contributed by atoms with Gasteiger partial charge in [-0.25, -0.2) is 9.59 Å². The van der Waals surface area contributed by atoms with Crippen LogP contribution in [0.3, 0.4) is 0 Å². The van der Waals surface area contributed by atoms with E-state index in [0.717, 1.165) is 0 Å². The minimum Gasteiger partial charge on any atom is -0.497 e. The number of anilines is 1. The number of rotatable bonds is 9. The summed E-state index contributed by atoms with van der Waals surface area (Å²) >= 11 is 0. The SMILES string of the molecule is CCOC(=O)C1=C(CN(C)CC(=O)Nc2ccc(OC)cc2)NC(=O)NC1c1ccco1. The molecular formula is C22H26N4O6. The van der Waals surface area contributed by atoms with Gasteiger partial charge in [-0.1, -0.05) is 0 Å². The second-order valence-corrected chi connectivity index (χ2v) is 7.11. The predicted molar refractivity (Wildman–Crippen MR) is 116 cm³/mol. The number of ether oxygens (including phenoxy) is 2. The molecule has 0 saturated carbocycles. The van der Waals surface area contributed by atoms with Gasteiger partial charge in [-0.3, -0.25) is 9.69 Å². The predicted octanol–water partition coefficient (Wildman–Crippen LogP) is 2.03. The Kier molecular flexibility index (Phi) is 7.50. The molecule has 2 heterocycles. The highest BCUT2D eigenvalue weighted by molar-refractivity contribution is 5.95. The van der Waals surface area contributed by atoms with Crippen LogP contribution < -0.4 is 20.7 Å². The molecule has 1 atom stereocenters. The summed E-state index contributed by atoms with van der Waals surface area (Å²) < 4.78 is 15.7. The molecule has 10 nitrogen and oxygen atoms in total. The van der Waals surface area contributed by atoms with E-state index >= 15 is 0 Å². The van der Waals surface area contributed by atoms with E-state index in [9.17, 15) is 14.4 Å². The van der Waals surface area contributed by atoms with Crippen molar-refractivity contribution in [3.8, 4) is 5.75 Å². The molecule has 0 bridgehead atoms. The van der Waals surface area contributed by atoms with Gasteiger partial charge in [-0.2, -0.15) is 0 Å². The van der Waals surface area contributed by atoms with Gasteiger partial charge in [0.2, 0.25) is 5.91 Å². The average molecular weight is 442 g/mol. The lowest BCUT2D eigenvalue weighted by Crippen LogP contribution is -2.48. The molecule has 0 radical (unpaired) electrons. The fourth-order valence-electron chi connectivity index (χ4n) is 3.31. The van der Waals surface area contributed by atoms with E-state index in [2.05, 4.69) is 16.0 Å². The number of furan rings is 1. The van der Waals surface area contributed by atoms with Crippen LogP contribution in [0.4, 0.5) is 10.5 Å². The lowest BCUT2D eigenvalue weighted by atomic mass is 10.00. The zero-order valence-corrected chi connectivity index (χ0v) is 18.1. The van der Waals surface area contributed by atoms with Gasteiger partial charge in [-0.05, 0) is 50.4 Å². The van der Waals surface area contributed by atoms with E-state index in [1.807, 2.05) is 0 Å². The van der Waals surface area contributed by atoms with Crippen molar-refractivity contribution in [2.45, 2.75) is 13.0 Å². The summed E-state index contributed by atoms with van der Waals surface area (Å²) in [5.41, 5.74) is 1.20. The van der Waals surface area contributed by atoms with Crippen LogP contribution in [-0.4, -0.2) is 56.7 Å². The highest BCUT2D eigenvalue weighted by atomic mass is 16.5.